The van der Waals surface area contributed by atoms with Gasteiger partial charge in [0.25, 0.3) is 0 Å². The highest BCUT2D eigenvalue weighted by Gasteiger charge is 2.23. The van der Waals surface area contributed by atoms with Crippen LogP contribution in [0.4, 0.5) is 0 Å². The average molecular weight is 253 g/mol. The molecule has 2 rings (SSSR count). The molecule has 0 aromatic heterocycles. The van der Waals surface area contributed by atoms with Gasteiger partial charge in [-0.15, -0.1) is 0 Å². The lowest BCUT2D eigenvalue weighted by Gasteiger charge is -2.26. The van der Waals surface area contributed by atoms with Gasteiger partial charge in [0.1, 0.15) is 0 Å². The van der Waals surface area contributed by atoms with Gasteiger partial charge in [0.05, 0.1) is 5.54 Å². The van der Waals surface area contributed by atoms with Crippen molar-refractivity contribution in [1.82, 2.24) is 0 Å². The van der Waals surface area contributed by atoms with Gasteiger partial charge < -0.3 is 5.73 Å². The number of nitrogens with two attached hydrogens (primary N) is 1. The smallest absolute Gasteiger partial charge is 0.0637 e. The average Bonchev–Trinajstić information content (AvgIpc) is 2.39. The molecule has 0 heterocycles. The Hall–Kier alpha value is -1.60. The molecule has 0 radical (unpaired) electrons. The van der Waals surface area contributed by atoms with E-state index >= 15 is 0 Å². The summed E-state index contributed by atoms with van der Waals surface area (Å²) in [6, 6.07) is 18.9. The molecular weight excluding hydrogens is 230 g/mol. The van der Waals surface area contributed by atoms with Gasteiger partial charge in [0.15, 0.2) is 0 Å². The van der Waals surface area contributed by atoms with Gasteiger partial charge in [-0.05, 0) is 36.0 Å². The van der Waals surface area contributed by atoms with Gasteiger partial charge in [-0.2, -0.15) is 0 Å². The van der Waals surface area contributed by atoms with Crippen molar-refractivity contribution < 1.29 is 0 Å². The third-order valence-electron chi connectivity index (χ3n) is 3.54. The van der Waals surface area contributed by atoms with Gasteiger partial charge in [0, 0.05) is 0 Å². The fourth-order valence-electron chi connectivity index (χ4n) is 2.44. The Morgan fingerprint density at radius 1 is 0.947 bits per heavy atom. The van der Waals surface area contributed by atoms with Crippen LogP contribution in [-0.2, 0) is 12.0 Å². The molecule has 0 aliphatic carbocycles. The fraction of sp³-hybridized carbons (Fsp3) is 0.333. The first-order chi connectivity index (χ1) is 9.00. The van der Waals surface area contributed by atoms with E-state index < -0.39 is 5.54 Å². The second-order valence-electron chi connectivity index (χ2n) is 5.87. The predicted molar refractivity (Wildman–Crippen MR) is 82.1 cm³/mol. The summed E-state index contributed by atoms with van der Waals surface area (Å²) in [4.78, 5) is 0. The minimum absolute atomic E-state index is 0.436. The quantitative estimate of drug-likeness (QED) is 0.872. The molecule has 0 aliphatic heterocycles. The van der Waals surface area contributed by atoms with Gasteiger partial charge in [-0.25, -0.2) is 0 Å². The third kappa shape index (κ3) is 3.24. The lowest BCUT2D eigenvalue weighted by Crippen LogP contribution is -2.34. The standard InChI is InChI=1S/C18H23N/c1-14(2)12-15-8-7-11-17(13-15)18(3,19)16-9-5-4-6-10-16/h4-11,13-14H,12,19H2,1-3H3. The van der Waals surface area contributed by atoms with Crippen LogP contribution in [0.3, 0.4) is 0 Å². The van der Waals surface area contributed by atoms with Crippen molar-refractivity contribution in [2.45, 2.75) is 32.7 Å². The van der Waals surface area contributed by atoms with E-state index in [1.807, 2.05) is 18.2 Å². The summed E-state index contributed by atoms with van der Waals surface area (Å²) in [5.74, 6) is 0.663. The molecule has 2 N–H and O–H groups in total. The van der Waals surface area contributed by atoms with E-state index in [0.717, 1.165) is 12.0 Å². The monoisotopic (exact) mass is 253 g/mol. The van der Waals surface area contributed by atoms with Crippen LogP contribution in [-0.4, -0.2) is 0 Å². The van der Waals surface area contributed by atoms with E-state index in [0.29, 0.717) is 5.92 Å². The zero-order valence-electron chi connectivity index (χ0n) is 12.1. The molecule has 2 aromatic carbocycles. The molecule has 1 atom stereocenters. The van der Waals surface area contributed by atoms with Gasteiger partial charge in [0.2, 0.25) is 0 Å². The highest BCUT2D eigenvalue weighted by atomic mass is 14.7. The van der Waals surface area contributed by atoms with E-state index in [1.165, 1.54) is 11.1 Å². The van der Waals surface area contributed by atoms with Crippen LogP contribution in [0.2, 0.25) is 0 Å². The maximum Gasteiger partial charge on any atom is 0.0637 e. The van der Waals surface area contributed by atoms with E-state index in [2.05, 4.69) is 57.2 Å². The Bertz CT molecular complexity index is 526. The molecule has 1 unspecified atom stereocenters. The number of hydrogen-bond acceptors (Lipinski definition) is 1. The Morgan fingerprint density at radius 2 is 1.58 bits per heavy atom. The normalized spacial score (nSPS) is 14.4. The van der Waals surface area contributed by atoms with Crippen LogP contribution in [0.1, 0.15) is 37.5 Å². The van der Waals surface area contributed by atoms with Crippen LogP contribution in [0.5, 0.6) is 0 Å². The summed E-state index contributed by atoms with van der Waals surface area (Å²) in [6.07, 6.45) is 1.10. The van der Waals surface area contributed by atoms with Crippen molar-refractivity contribution in [3.63, 3.8) is 0 Å². The molecular formula is C18H23N. The van der Waals surface area contributed by atoms with Crippen LogP contribution >= 0.6 is 0 Å². The highest BCUT2D eigenvalue weighted by Crippen LogP contribution is 2.27. The molecule has 0 bridgehead atoms. The molecule has 0 saturated carbocycles. The Balaban J connectivity index is 2.35. The zero-order chi connectivity index (χ0) is 13.9. The van der Waals surface area contributed by atoms with Gasteiger partial charge >= 0.3 is 0 Å². The molecule has 0 amide bonds. The number of rotatable bonds is 4. The largest absolute Gasteiger partial charge is 0.318 e. The fourth-order valence-corrected chi connectivity index (χ4v) is 2.44. The summed E-state index contributed by atoms with van der Waals surface area (Å²) >= 11 is 0. The van der Waals surface area contributed by atoms with Crippen LogP contribution in [0.25, 0.3) is 0 Å². The topological polar surface area (TPSA) is 26.0 Å². The second-order valence-corrected chi connectivity index (χ2v) is 5.87. The summed E-state index contributed by atoms with van der Waals surface area (Å²) in [5.41, 5.74) is 9.81. The molecule has 0 fully saturated rings. The lowest BCUT2D eigenvalue weighted by molar-refractivity contribution is 0.598. The molecule has 1 nitrogen and oxygen atoms in total. The number of benzene rings is 2. The minimum Gasteiger partial charge on any atom is -0.318 e. The summed E-state index contributed by atoms with van der Waals surface area (Å²) < 4.78 is 0. The maximum absolute atomic E-state index is 6.56. The number of hydrogen-bond donors (Lipinski definition) is 1. The Morgan fingerprint density at radius 3 is 2.21 bits per heavy atom. The van der Waals surface area contributed by atoms with Crippen molar-refractivity contribution in [3.8, 4) is 0 Å². The van der Waals surface area contributed by atoms with E-state index in [9.17, 15) is 0 Å². The molecule has 100 valence electrons. The molecule has 1 heteroatoms. The van der Waals surface area contributed by atoms with E-state index in [1.54, 1.807) is 0 Å². The minimum atomic E-state index is -0.436. The van der Waals surface area contributed by atoms with Crippen molar-refractivity contribution in [2.75, 3.05) is 0 Å². The second kappa shape index (κ2) is 5.58. The summed E-state index contributed by atoms with van der Waals surface area (Å²) in [6.45, 7) is 6.56. The first-order valence-corrected chi connectivity index (χ1v) is 6.94. The maximum atomic E-state index is 6.56. The Labute approximate surface area is 116 Å². The first-order valence-electron chi connectivity index (χ1n) is 6.94. The molecule has 0 aliphatic rings. The van der Waals surface area contributed by atoms with Crippen molar-refractivity contribution >= 4 is 0 Å². The van der Waals surface area contributed by atoms with E-state index in [-0.39, 0.29) is 0 Å². The van der Waals surface area contributed by atoms with Crippen molar-refractivity contribution in [1.29, 1.82) is 0 Å². The molecule has 2 aromatic rings. The summed E-state index contributed by atoms with van der Waals surface area (Å²) in [7, 11) is 0. The predicted octanol–water partition coefficient (Wildman–Crippen LogP) is 4.11. The van der Waals surface area contributed by atoms with Crippen molar-refractivity contribution in [3.05, 3.63) is 71.3 Å². The van der Waals surface area contributed by atoms with Crippen LogP contribution in [0, 0.1) is 5.92 Å². The first kappa shape index (κ1) is 13.8. The van der Waals surface area contributed by atoms with E-state index in [4.69, 9.17) is 5.73 Å². The van der Waals surface area contributed by atoms with Crippen LogP contribution in [0.15, 0.2) is 54.6 Å². The van der Waals surface area contributed by atoms with Gasteiger partial charge in [-0.3, -0.25) is 0 Å². The lowest BCUT2D eigenvalue weighted by atomic mass is 9.84. The highest BCUT2D eigenvalue weighted by molar-refractivity contribution is 5.38. The zero-order valence-corrected chi connectivity index (χ0v) is 12.1. The third-order valence-corrected chi connectivity index (χ3v) is 3.54. The SMILES string of the molecule is CC(C)Cc1cccc(C(C)(N)c2ccccc2)c1. The summed E-state index contributed by atoms with van der Waals surface area (Å²) in [5, 5.41) is 0. The molecule has 0 spiro atoms. The van der Waals surface area contributed by atoms with Crippen molar-refractivity contribution in [2.24, 2.45) is 11.7 Å². The van der Waals surface area contributed by atoms with Crippen LogP contribution < -0.4 is 5.73 Å². The Kier molecular flexibility index (Phi) is 4.06. The van der Waals surface area contributed by atoms with Gasteiger partial charge in [-0.1, -0.05) is 68.4 Å². The molecule has 19 heavy (non-hydrogen) atoms. The molecule has 0 saturated heterocycles.